The minimum atomic E-state index is -2.94. The van der Waals surface area contributed by atoms with Crippen LogP contribution in [0.5, 0.6) is 5.75 Å². The Morgan fingerprint density at radius 1 is 1.21 bits per heavy atom. The van der Waals surface area contributed by atoms with Crippen molar-refractivity contribution in [2.75, 3.05) is 5.73 Å². The summed E-state index contributed by atoms with van der Waals surface area (Å²) in [5, 5.41) is 0. The highest BCUT2D eigenvalue weighted by Crippen LogP contribution is 2.41. The van der Waals surface area contributed by atoms with Crippen molar-refractivity contribution in [3.05, 3.63) is 35.7 Å². The van der Waals surface area contributed by atoms with Gasteiger partial charge in [-0.2, -0.15) is 8.78 Å². The third kappa shape index (κ3) is 3.63. The molecule has 0 aromatic carbocycles. The number of pyridine rings is 2. The summed E-state index contributed by atoms with van der Waals surface area (Å²) in [5.41, 5.74) is 9.10. The molecule has 0 radical (unpaired) electrons. The molecule has 1 saturated carbocycles. The lowest BCUT2D eigenvalue weighted by Crippen LogP contribution is -2.12. The fourth-order valence-electron chi connectivity index (χ4n) is 2.51. The highest BCUT2D eigenvalue weighted by atomic mass is 19.3. The number of halogens is 2. The quantitative estimate of drug-likeness (QED) is 0.895. The van der Waals surface area contributed by atoms with Gasteiger partial charge in [0.05, 0.1) is 5.69 Å². The zero-order chi connectivity index (χ0) is 17.5. The van der Waals surface area contributed by atoms with E-state index in [1.54, 1.807) is 6.20 Å². The number of rotatable bonds is 4. The van der Waals surface area contributed by atoms with Crippen molar-refractivity contribution in [1.29, 1.82) is 0 Å². The van der Waals surface area contributed by atoms with E-state index in [0.717, 1.165) is 24.1 Å². The summed E-state index contributed by atoms with van der Waals surface area (Å²) in [4.78, 5) is 8.68. The van der Waals surface area contributed by atoms with Gasteiger partial charge in [-0.15, -0.1) is 0 Å². The Morgan fingerprint density at radius 2 is 1.92 bits per heavy atom. The molecule has 1 aliphatic carbocycles. The number of hydrogen-bond donors (Lipinski definition) is 1. The fraction of sp³-hybridized carbons (Fsp3) is 0.444. The molecule has 128 valence electrons. The lowest BCUT2D eigenvalue weighted by molar-refractivity contribution is -0.0494. The molecule has 0 saturated heterocycles. The molecule has 2 aromatic heterocycles. The third-order valence-corrected chi connectivity index (χ3v) is 4.10. The second kappa shape index (κ2) is 6.00. The van der Waals surface area contributed by atoms with Gasteiger partial charge in [0.2, 0.25) is 0 Å². The Labute approximate surface area is 140 Å². The van der Waals surface area contributed by atoms with E-state index in [2.05, 4.69) is 36.6 Å². The minimum absolute atomic E-state index is 0.0368. The molecular weight excluding hydrogens is 312 g/mol. The summed E-state index contributed by atoms with van der Waals surface area (Å²) < 4.78 is 29.5. The number of hydrogen-bond acceptors (Lipinski definition) is 4. The second-order valence-electron chi connectivity index (χ2n) is 7.18. The number of nitrogens with two attached hydrogens (primary N) is 1. The molecule has 24 heavy (non-hydrogen) atoms. The van der Waals surface area contributed by atoms with E-state index in [1.165, 1.54) is 6.07 Å². The van der Waals surface area contributed by atoms with Gasteiger partial charge < -0.3 is 10.5 Å². The predicted molar refractivity (Wildman–Crippen MR) is 89.2 cm³/mol. The van der Waals surface area contributed by atoms with Gasteiger partial charge in [0, 0.05) is 23.4 Å². The van der Waals surface area contributed by atoms with E-state index in [9.17, 15) is 8.78 Å². The summed E-state index contributed by atoms with van der Waals surface area (Å²) in [5.74, 6) is 0.302. The third-order valence-electron chi connectivity index (χ3n) is 4.10. The van der Waals surface area contributed by atoms with Gasteiger partial charge in [-0.1, -0.05) is 20.8 Å². The largest absolute Gasteiger partial charge is 0.431 e. The Balaban J connectivity index is 2.06. The summed E-state index contributed by atoms with van der Waals surface area (Å²) in [6.07, 6.45) is 3.82. The van der Waals surface area contributed by atoms with Crippen LogP contribution in [0.4, 0.5) is 14.6 Å². The molecule has 0 bridgehead atoms. The van der Waals surface area contributed by atoms with E-state index < -0.39 is 6.61 Å². The second-order valence-corrected chi connectivity index (χ2v) is 7.18. The van der Waals surface area contributed by atoms with Crippen LogP contribution in [-0.4, -0.2) is 16.6 Å². The Hall–Kier alpha value is -2.24. The van der Waals surface area contributed by atoms with Gasteiger partial charge in [-0.25, -0.2) is 4.98 Å². The van der Waals surface area contributed by atoms with Crippen LogP contribution < -0.4 is 10.5 Å². The molecule has 1 fully saturated rings. The van der Waals surface area contributed by atoms with E-state index in [1.807, 2.05) is 6.07 Å². The highest BCUT2D eigenvalue weighted by Gasteiger charge is 2.27. The molecule has 4 nitrogen and oxygen atoms in total. The molecular formula is C18H21F2N3O. The molecule has 6 heteroatoms. The Kier molecular flexibility index (Phi) is 4.15. The zero-order valence-corrected chi connectivity index (χ0v) is 14.0. The average Bonchev–Trinajstić information content (AvgIpc) is 3.32. The van der Waals surface area contributed by atoms with Gasteiger partial charge in [-0.05, 0) is 42.0 Å². The van der Waals surface area contributed by atoms with Crippen molar-refractivity contribution >= 4 is 5.82 Å². The van der Waals surface area contributed by atoms with E-state index >= 15 is 0 Å². The van der Waals surface area contributed by atoms with Crippen LogP contribution in [0.25, 0.3) is 11.3 Å². The highest BCUT2D eigenvalue weighted by molar-refractivity contribution is 5.65. The van der Waals surface area contributed by atoms with E-state index in [0.29, 0.717) is 17.2 Å². The number of anilines is 1. The number of aromatic nitrogens is 2. The van der Waals surface area contributed by atoms with Gasteiger partial charge in [-0.3, -0.25) is 4.98 Å². The van der Waals surface area contributed by atoms with E-state index in [-0.39, 0.29) is 17.0 Å². The summed E-state index contributed by atoms with van der Waals surface area (Å²) in [7, 11) is 0. The maximum absolute atomic E-state index is 12.5. The van der Waals surface area contributed by atoms with Gasteiger partial charge in [0.25, 0.3) is 0 Å². The maximum atomic E-state index is 12.5. The normalized spacial score (nSPS) is 14.9. The molecule has 2 N–H and O–H groups in total. The zero-order valence-electron chi connectivity index (χ0n) is 14.0. The molecule has 2 heterocycles. The molecule has 3 rings (SSSR count). The summed E-state index contributed by atoms with van der Waals surface area (Å²) >= 11 is 0. The smallest absolute Gasteiger partial charge is 0.387 e. The summed E-state index contributed by atoms with van der Waals surface area (Å²) in [6, 6.07) is 5.59. The van der Waals surface area contributed by atoms with Crippen molar-refractivity contribution in [1.82, 2.24) is 9.97 Å². The first-order valence-corrected chi connectivity index (χ1v) is 7.97. The van der Waals surface area contributed by atoms with Crippen molar-refractivity contribution in [3.8, 4) is 17.0 Å². The van der Waals surface area contributed by atoms with Crippen LogP contribution in [0.3, 0.4) is 0 Å². The predicted octanol–water partition coefficient (Wildman–Crippen LogP) is 4.50. The van der Waals surface area contributed by atoms with Crippen LogP contribution in [0.1, 0.15) is 50.8 Å². The molecule has 1 aliphatic rings. The lowest BCUT2D eigenvalue weighted by atomic mass is 9.86. The molecule has 0 aliphatic heterocycles. The van der Waals surface area contributed by atoms with Crippen LogP contribution in [0.2, 0.25) is 0 Å². The van der Waals surface area contributed by atoms with E-state index in [4.69, 9.17) is 10.7 Å². The standard InChI is InChI=1S/C18H21F2N3O/c1-18(2,3)12-7-13(10-4-5-10)23-14(8-12)11-6-15(24-17(19)20)16(21)22-9-11/h6-10,17H,4-5H2,1-3H3,(H2,21,22). The van der Waals surface area contributed by atoms with Gasteiger partial charge >= 0.3 is 6.61 Å². The van der Waals surface area contributed by atoms with Crippen LogP contribution in [0.15, 0.2) is 24.4 Å². The average molecular weight is 333 g/mol. The van der Waals surface area contributed by atoms with Crippen molar-refractivity contribution in [2.24, 2.45) is 0 Å². The lowest BCUT2D eigenvalue weighted by Gasteiger charge is -2.21. The first-order chi connectivity index (χ1) is 11.2. The monoisotopic (exact) mass is 333 g/mol. The number of ether oxygens (including phenoxy) is 1. The van der Waals surface area contributed by atoms with Crippen molar-refractivity contribution in [2.45, 2.75) is 51.6 Å². The van der Waals surface area contributed by atoms with Gasteiger partial charge in [0.15, 0.2) is 11.6 Å². The summed E-state index contributed by atoms with van der Waals surface area (Å²) in [6.45, 7) is 3.46. The number of alkyl halides is 2. The molecule has 0 amide bonds. The molecule has 0 atom stereocenters. The van der Waals surface area contributed by atoms with Gasteiger partial charge in [0.1, 0.15) is 0 Å². The first-order valence-electron chi connectivity index (χ1n) is 7.97. The first kappa shape index (κ1) is 16.6. The Morgan fingerprint density at radius 3 is 2.50 bits per heavy atom. The maximum Gasteiger partial charge on any atom is 0.387 e. The topological polar surface area (TPSA) is 61.0 Å². The van der Waals surface area contributed by atoms with Crippen LogP contribution in [-0.2, 0) is 5.41 Å². The number of nitrogen functional groups attached to an aromatic ring is 1. The van der Waals surface area contributed by atoms with Crippen molar-refractivity contribution < 1.29 is 13.5 Å². The van der Waals surface area contributed by atoms with Crippen molar-refractivity contribution in [3.63, 3.8) is 0 Å². The molecule has 0 unspecified atom stereocenters. The Bertz CT molecular complexity index is 752. The van der Waals surface area contributed by atoms with Crippen LogP contribution >= 0.6 is 0 Å². The number of nitrogens with zero attached hydrogens (tertiary/aromatic N) is 2. The SMILES string of the molecule is CC(C)(C)c1cc(-c2cnc(N)c(OC(F)F)c2)nc(C2CC2)c1. The van der Waals surface area contributed by atoms with Crippen LogP contribution in [0, 0.1) is 0 Å². The molecule has 2 aromatic rings. The fourth-order valence-corrected chi connectivity index (χ4v) is 2.51. The molecule has 0 spiro atoms. The minimum Gasteiger partial charge on any atom is -0.431 e.